The number of carbonyl (C=O) groups is 3. The molecule has 0 unspecified atom stereocenters. The van der Waals surface area contributed by atoms with E-state index in [1.54, 1.807) is 17.3 Å². The molecule has 2 aromatic heterocycles. The third-order valence-electron chi connectivity index (χ3n) is 6.65. The van der Waals surface area contributed by atoms with Gasteiger partial charge in [0.15, 0.2) is 0 Å². The Morgan fingerprint density at radius 1 is 0.760 bits per heavy atom. The van der Waals surface area contributed by atoms with Gasteiger partial charge in [-0.15, -0.1) is 0 Å². The van der Waals surface area contributed by atoms with Gasteiger partial charge in [0, 0.05) is 18.4 Å². The summed E-state index contributed by atoms with van der Waals surface area (Å²) in [6.07, 6.45) is 8.04. The minimum Gasteiger partial charge on any atom is -0.481 e. The number of ether oxygens (including phenoxy) is 4. The van der Waals surface area contributed by atoms with Crippen molar-refractivity contribution in [2.75, 3.05) is 20.2 Å². The zero-order chi connectivity index (χ0) is 36.4. The molecule has 0 bridgehead atoms. The average molecular weight is 709 g/mol. The van der Waals surface area contributed by atoms with Crippen molar-refractivity contribution in [2.45, 2.75) is 165 Å². The number of nitrogens with zero attached hydrogens (tertiary/aromatic N) is 5. The molecule has 13 nitrogen and oxygen atoms in total. The molecule has 0 aromatic carbocycles. The number of amides is 1. The lowest BCUT2D eigenvalue weighted by Crippen LogP contribution is -2.38. The van der Waals surface area contributed by atoms with Crippen molar-refractivity contribution in [1.82, 2.24) is 24.0 Å². The second kappa shape index (κ2) is 19.7. The van der Waals surface area contributed by atoms with Crippen molar-refractivity contribution in [3.63, 3.8) is 0 Å². The SMILES string of the molecule is C.C.CCCN.CCCN(Cc1cnc(C2CC2)n1C(=O)OC(C)(C)C)C(=O)OC(C)(C)C.COc1cnc(C2CC2)n1C(=O)OC(C)(C)C. The zero-order valence-corrected chi connectivity index (χ0v) is 31.3. The summed E-state index contributed by atoms with van der Waals surface area (Å²) in [6, 6.07) is 0. The van der Waals surface area contributed by atoms with Crippen LogP contribution < -0.4 is 10.5 Å². The summed E-state index contributed by atoms with van der Waals surface area (Å²) >= 11 is 0. The van der Waals surface area contributed by atoms with Gasteiger partial charge in [-0.3, -0.25) is 0 Å². The lowest BCUT2D eigenvalue weighted by molar-refractivity contribution is 0.0222. The van der Waals surface area contributed by atoms with E-state index in [1.807, 2.05) is 69.2 Å². The molecule has 1 amide bonds. The molecule has 2 fully saturated rings. The highest BCUT2D eigenvalue weighted by atomic mass is 16.6. The fourth-order valence-corrected chi connectivity index (χ4v) is 4.30. The topological polar surface area (TPSA) is 153 Å². The van der Waals surface area contributed by atoms with Crippen LogP contribution in [0.25, 0.3) is 0 Å². The third-order valence-corrected chi connectivity index (χ3v) is 6.65. The number of imidazole rings is 2. The van der Waals surface area contributed by atoms with Crippen LogP contribution in [-0.4, -0.2) is 79.3 Å². The van der Waals surface area contributed by atoms with Gasteiger partial charge in [-0.05, 0) is 107 Å². The van der Waals surface area contributed by atoms with Crippen molar-refractivity contribution < 1.29 is 33.3 Å². The minimum absolute atomic E-state index is 0. The Hall–Kier alpha value is -3.61. The van der Waals surface area contributed by atoms with Crippen molar-refractivity contribution in [3.05, 3.63) is 29.7 Å². The quantitative estimate of drug-likeness (QED) is 0.263. The molecule has 2 saturated carbocycles. The maximum absolute atomic E-state index is 12.8. The number of hydrogen-bond donors (Lipinski definition) is 1. The zero-order valence-electron chi connectivity index (χ0n) is 31.3. The highest BCUT2D eigenvalue weighted by Gasteiger charge is 2.35. The second-order valence-electron chi connectivity index (χ2n) is 15.1. The van der Waals surface area contributed by atoms with Gasteiger partial charge in [0.25, 0.3) is 0 Å². The first-order valence-corrected chi connectivity index (χ1v) is 17.1. The van der Waals surface area contributed by atoms with Gasteiger partial charge >= 0.3 is 18.3 Å². The van der Waals surface area contributed by atoms with Crippen molar-refractivity contribution in [2.24, 2.45) is 5.73 Å². The summed E-state index contributed by atoms with van der Waals surface area (Å²) in [5.74, 6) is 2.55. The molecule has 2 N–H and O–H groups in total. The van der Waals surface area contributed by atoms with Crippen LogP contribution in [0, 0.1) is 0 Å². The lowest BCUT2D eigenvalue weighted by atomic mass is 10.2. The smallest absolute Gasteiger partial charge is 0.422 e. The van der Waals surface area contributed by atoms with Crippen molar-refractivity contribution in [3.8, 4) is 5.88 Å². The van der Waals surface area contributed by atoms with E-state index >= 15 is 0 Å². The van der Waals surface area contributed by atoms with E-state index in [9.17, 15) is 14.4 Å². The van der Waals surface area contributed by atoms with Crippen LogP contribution in [0.2, 0.25) is 0 Å². The Balaban J connectivity index is 0.000000896. The van der Waals surface area contributed by atoms with Crippen LogP contribution in [-0.2, 0) is 20.8 Å². The Kier molecular flexibility index (Phi) is 18.3. The molecule has 0 spiro atoms. The second-order valence-corrected chi connectivity index (χ2v) is 15.1. The third kappa shape index (κ3) is 15.5. The van der Waals surface area contributed by atoms with Crippen LogP contribution in [0.5, 0.6) is 5.88 Å². The summed E-state index contributed by atoms with van der Waals surface area (Å²) in [6.45, 7) is 22.2. The predicted octanol–water partition coefficient (Wildman–Crippen LogP) is 8.87. The van der Waals surface area contributed by atoms with Gasteiger partial charge < -0.3 is 29.6 Å². The summed E-state index contributed by atoms with van der Waals surface area (Å²) in [5.41, 5.74) is 3.97. The van der Waals surface area contributed by atoms with Gasteiger partial charge in [-0.1, -0.05) is 28.7 Å². The summed E-state index contributed by atoms with van der Waals surface area (Å²) in [4.78, 5) is 47.8. The summed E-state index contributed by atoms with van der Waals surface area (Å²) < 4.78 is 24.5. The van der Waals surface area contributed by atoms with E-state index in [0.717, 1.165) is 56.7 Å². The molecular formula is C37H68N6O7. The average Bonchev–Trinajstić information content (AvgIpc) is 3.89. The molecule has 2 heterocycles. The van der Waals surface area contributed by atoms with Gasteiger partial charge in [0.2, 0.25) is 5.88 Å². The molecule has 13 heteroatoms. The molecular weight excluding hydrogens is 640 g/mol. The standard InChI is InChI=1S/C20H33N3O4.C12H18N2O3.C3H9N.2CH4/c1-8-11-22(17(24)26-19(2,3)4)13-15-12-21-16(14-9-10-14)23(15)18(25)27-20(5,6)7;1-12(2,3)17-11(15)14-9(16-4)7-13-10(14)8-5-6-8;1-2-3-4;;/h12,14H,8-11,13H2,1-7H3;7-8H,5-6H2,1-4H3;2-4H2,1H3;2*1H4. The first-order chi connectivity index (χ1) is 22.2. The van der Waals surface area contributed by atoms with Crippen LogP contribution in [0.15, 0.2) is 12.4 Å². The van der Waals surface area contributed by atoms with E-state index in [4.69, 9.17) is 24.7 Å². The molecule has 0 saturated heterocycles. The van der Waals surface area contributed by atoms with Gasteiger partial charge in [0.1, 0.15) is 28.5 Å². The number of aromatic nitrogens is 4. The van der Waals surface area contributed by atoms with Gasteiger partial charge in [-0.2, -0.15) is 0 Å². The number of hydrogen-bond acceptors (Lipinski definition) is 10. The fraction of sp³-hybridized carbons (Fsp3) is 0.757. The molecule has 0 aliphatic heterocycles. The molecule has 2 aliphatic rings. The normalized spacial score (nSPS) is 13.9. The largest absolute Gasteiger partial charge is 0.481 e. The first-order valence-electron chi connectivity index (χ1n) is 17.1. The van der Waals surface area contributed by atoms with Crippen LogP contribution in [0.1, 0.15) is 159 Å². The molecule has 50 heavy (non-hydrogen) atoms. The van der Waals surface area contributed by atoms with Crippen LogP contribution in [0.3, 0.4) is 0 Å². The highest BCUT2D eigenvalue weighted by molar-refractivity contribution is 5.74. The predicted molar refractivity (Wildman–Crippen MR) is 198 cm³/mol. The number of carbonyl (C=O) groups excluding carboxylic acids is 3. The molecule has 2 aromatic rings. The molecule has 0 atom stereocenters. The minimum atomic E-state index is -0.603. The number of nitrogens with two attached hydrogens (primary N) is 1. The molecule has 4 rings (SSSR count). The van der Waals surface area contributed by atoms with E-state index < -0.39 is 35.1 Å². The Labute approximate surface area is 301 Å². The van der Waals surface area contributed by atoms with E-state index in [-0.39, 0.29) is 27.3 Å². The van der Waals surface area contributed by atoms with E-state index in [2.05, 4.69) is 16.9 Å². The maximum atomic E-state index is 12.8. The highest BCUT2D eigenvalue weighted by Crippen LogP contribution is 2.41. The molecule has 288 valence electrons. The first kappa shape index (κ1) is 46.4. The van der Waals surface area contributed by atoms with Gasteiger partial charge in [-0.25, -0.2) is 33.5 Å². The van der Waals surface area contributed by atoms with Crippen LogP contribution >= 0.6 is 0 Å². The molecule has 0 radical (unpaired) electrons. The Morgan fingerprint density at radius 2 is 1.18 bits per heavy atom. The summed E-state index contributed by atoms with van der Waals surface area (Å²) in [7, 11) is 1.52. The van der Waals surface area contributed by atoms with Crippen molar-refractivity contribution >= 4 is 18.3 Å². The number of methoxy groups -OCH3 is 1. The Morgan fingerprint density at radius 3 is 1.56 bits per heavy atom. The maximum Gasteiger partial charge on any atom is 0.422 e. The molecule has 2 aliphatic carbocycles. The van der Waals surface area contributed by atoms with Gasteiger partial charge in [0.05, 0.1) is 31.7 Å². The monoisotopic (exact) mass is 709 g/mol. The Bertz CT molecular complexity index is 1340. The number of rotatable bonds is 8. The van der Waals surface area contributed by atoms with Crippen LogP contribution in [0.4, 0.5) is 14.4 Å². The van der Waals surface area contributed by atoms with Crippen molar-refractivity contribution in [1.29, 1.82) is 0 Å². The lowest BCUT2D eigenvalue weighted by Gasteiger charge is -2.27. The fourth-order valence-electron chi connectivity index (χ4n) is 4.30. The summed E-state index contributed by atoms with van der Waals surface area (Å²) in [5, 5.41) is 0. The van der Waals surface area contributed by atoms with E-state index in [1.165, 1.54) is 16.2 Å². The van der Waals surface area contributed by atoms with E-state index in [0.29, 0.717) is 24.0 Å².